The number of hydrogen-bond acceptors (Lipinski definition) is 5. The third-order valence-electron chi connectivity index (χ3n) is 3.04. The van der Waals surface area contributed by atoms with Crippen molar-refractivity contribution in [2.75, 3.05) is 6.61 Å². The van der Waals surface area contributed by atoms with Crippen molar-refractivity contribution in [2.45, 2.75) is 19.4 Å². The second-order valence-electron chi connectivity index (χ2n) is 4.80. The topological polar surface area (TPSA) is 81.8 Å². The van der Waals surface area contributed by atoms with Gasteiger partial charge in [-0.05, 0) is 55.3 Å². The monoisotopic (exact) mass is 301 g/mol. The zero-order valence-corrected chi connectivity index (χ0v) is 12.4. The summed E-state index contributed by atoms with van der Waals surface area (Å²) in [4.78, 5) is 11.5. The molecule has 2 aromatic rings. The van der Waals surface area contributed by atoms with Crippen molar-refractivity contribution >= 4 is 5.97 Å². The minimum Gasteiger partial charge on any atom is -0.508 e. The van der Waals surface area contributed by atoms with Crippen LogP contribution in [0.3, 0.4) is 0 Å². The van der Waals surface area contributed by atoms with E-state index < -0.39 is 12.0 Å². The Labute approximate surface area is 129 Å². The summed E-state index contributed by atoms with van der Waals surface area (Å²) >= 11 is 0. The fraction of sp³-hybridized carbons (Fsp3) is 0.235. The number of nitrogens with two attached hydrogens (primary N) is 1. The van der Waals surface area contributed by atoms with Crippen LogP contribution in [0, 0.1) is 0 Å². The van der Waals surface area contributed by atoms with Gasteiger partial charge in [0.2, 0.25) is 0 Å². The van der Waals surface area contributed by atoms with E-state index in [-0.39, 0.29) is 5.75 Å². The number of rotatable bonds is 6. The van der Waals surface area contributed by atoms with E-state index in [4.69, 9.17) is 15.2 Å². The Morgan fingerprint density at radius 2 is 1.64 bits per heavy atom. The summed E-state index contributed by atoms with van der Waals surface area (Å²) in [6.07, 6.45) is 0.415. The molecule has 1 atom stereocenters. The van der Waals surface area contributed by atoms with E-state index in [9.17, 15) is 9.90 Å². The Morgan fingerprint density at radius 1 is 1.09 bits per heavy atom. The smallest absolute Gasteiger partial charge is 0.323 e. The summed E-state index contributed by atoms with van der Waals surface area (Å²) in [5, 5.41) is 9.22. The van der Waals surface area contributed by atoms with Crippen LogP contribution in [0.2, 0.25) is 0 Å². The average molecular weight is 301 g/mol. The molecule has 3 N–H and O–H groups in total. The highest BCUT2D eigenvalue weighted by Gasteiger charge is 2.14. The zero-order valence-electron chi connectivity index (χ0n) is 12.4. The zero-order chi connectivity index (χ0) is 15.9. The highest BCUT2D eigenvalue weighted by Crippen LogP contribution is 2.23. The molecular formula is C17H19NO4. The van der Waals surface area contributed by atoms with Crippen molar-refractivity contribution in [1.82, 2.24) is 0 Å². The molecule has 0 aliphatic carbocycles. The molecule has 5 nitrogen and oxygen atoms in total. The maximum atomic E-state index is 11.5. The fourth-order valence-electron chi connectivity index (χ4n) is 1.93. The van der Waals surface area contributed by atoms with Gasteiger partial charge in [0.15, 0.2) is 0 Å². The predicted molar refractivity (Wildman–Crippen MR) is 82.9 cm³/mol. The molecule has 0 unspecified atom stereocenters. The Morgan fingerprint density at radius 3 is 2.18 bits per heavy atom. The molecule has 0 aromatic heterocycles. The Hall–Kier alpha value is -2.53. The lowest BCUT2D eigenvalue weighted by molar-refractivity contribution is -0.144. The first-order chi connectivity index (χ1) is 10.6. The largest absolute Gasteiger partial charge is 0.508 e. The molecule has 0 heterocycles. The molecule has 0 bridgehead atoms. The van der Waals surface area contributed by atoms with Crippen molar-refractivity contribution in [3.8, 4) is 17.2 Å². The summed E-state index contributed by atoms with van der Waals surface area (Å²) < 4.78 is 10.5. The second kappa shape index (κ2) is 7.47. The molecule has 0 aliphatic rings. The highest BCUT2D eigenvalue weighted by atomic mass is 16.5. The first-order valence-corrected chi connectivity index (χ1v) is 7.06. The van der Waals surface area contributed by atoms with Gasteiger partial charge in [0, 0.05) is 0 Å². The van der Waals surface area contributed by atoms with Gasteiger partial charge < -0.3 is 20.3 Å². The van der Waals surface area contributed by atoms with E-state index in [1.165, 1.54) is 0 Å². The van der Waals surface area contributed by atoms with E-state index in [2.05, 4.69) is 0 Å². The summed E-state index contributed by atoms with van der Waals surface area (Å²) in [5.74, 6) is 1.09. The van der Waals surface area contributed by atoms with Gasteiger partial charge in [-0.15, -0.1) is 0 Å². The molecule has 5 heteroatoms. The number of ether oxygens (including phenoxy) is 2. The number of phenolic OH excluding ortho intramolecular Hbond substituents is 1. The third-order valence-corrected chi connectivity index (χ3v) is 3.04. The van der Waals surface area contributed by atoms with Gasteiger partial charge in [-0.1, -0.05) is 12.1 Å². The number of phenols is 1. The number of hydrogen-bond donors (Lipinski definition) is 2. The number of benzene rings is 2. The lowest BCUT2D eigenvalue weighted by Crippen LogP contribution is -2.34. The number of esters is 1. The average Bonchev–Trinajstić information content (AvgIpc) is 2.51. The Kier molecular flexibility index (Phi) is 5.38. The molecule has 0 spiro atoms. The minimum absolute atomic E-state index is 0.190. The summed E-state index contributed by atoms with van der Waals surface area (Å²) in [7, 11) is 0. The minimum atomic E-state index is -0.663. The van der Waals surface area contributed by atoms with Crippen LogP contribution < -0.4 is 10.5 Å². The van der Waals surface area contributed by atoms with E-state index in [0.29, 0.717) is 24.5 Å². The van der Waals surface area contributed by atoms with Gasteiger partial charge in [0.05, 0.1) is 6.61 Å². The molecule has 116 valence electrons. The number of aromatic hydroxyl groups is 1. The molecule has 0 saturated heterocycles. The van der Waals surface area contributed by atoms with Gasteiger partial charge in [-0.3, -0.25) is 4.79 Å². The van der Waals surface area contributed by atoms with Gasteiger partial charge >= 0.3 is 5.97 Å². The van der Waals surface area contributed by atoms with Crippen LogP contribution in [0.15, 0.2) is 48.5 Å². The quantitative estimate of drug-likeness (QED) is 0.802. The lowest BCUT2D eigenvalue weighted by Gasteiger charge is -2.11. The van der Waals surface area contributed by atoms with Crippen molar-refractivity contribution in [2.24, 2.45) is 5.73 Å². The SMILES string of the molecule is CCOC(=O)[C@@H](N)Cc1ccc(Oc2ccc(O)cc2)cc1. The molecule has 2 aromatic carbocycles. The predicted octanol–water partition coefficient (Wildman–Crippen LogP) is 2.62. The van der Waals surface area contributed by atoms with Crippen LogP contribution >= 0.6 is 0 Å². The van der Waals surface area contributed by atoms with Gasteiger partial charge in [-0.25, -0.2) is 0 Å². The van der Waals surface area contributed by atoms with E-state index in [1.54, 1.807) is 43.3 Å². The number of carbonyl (C=O) groups is 1. The van der Waals surface area contributed by atoms with Crippen LogP contribution in [-0.4, -0.2) is 23.7 Å². The molecule has 0 amide bonds. The first-order valence-electron chi connectivity index (χ1n) is 7.06. The maximum Gasteiger partial charge on any atom is 0.323 e. The molecule has 22 heavy (non-hydrogen) atoms. The van der Waals surface area contributed by atoms with Gasteiger partial charge in [0.1, 0.15) is 23.3 Å². The van der Waals surface area contributed by atoms with E-state index >= 15 is 0 Å². The van der Waals surface area contributed by atoms with Crippen LogP contribution in [0.25, 0.3) is 0 Å². The van der Waals surface area contributed by atoms with E-state index in [1.807, 2.05) is 12.1 Å². The fourth-order valence-corrected chi connectivity index (χ4v) is 1.93. The summed E-state index contributed by atoms with van der Waals surface area (Å²) in [6.45, 7) is 2.08. The van der Waals surface area contributed by atoms with Crippen molar-refractivity contribution < 1.29 is 19.4 Å². The summed E-state index contributed by atoms with van der Waals surface area (Å²) in [6, 6.07) is 13.1. The lowest BCUT2D eigenvalue weighted by atomic mass is 10.1. The van der Waals surface area contributed by atoms with Crippen LogP contribution in [0.5, 0.6) is 17.2 Å². The van der Waals surface area contributed by atoms with Crippen LogP contribution in [0.4, 0.5) is 0 Å². The normalized spacial score (nSPS) is 11.7. The molecule has 0 saturated carbocycles. The highest BCUT2D eigenvalue weighted by molar-refractivity contribution is 5.75. The maximum absolute atomic E-state index is 11.5. The van der Waals surface area contributed by atoms with Gasteiger partial charge in [-0.2, -0.15) is 0 Å². The van der Waals surface area contributed by atoms with Crippen molar-refractivity contribution in [3.05, 3.63) is 54.1 Å². The third kappa shape index (κ3) is 4.49. The Bertz CT molecular complexity index is 608. The van der Waals surface area contributed by atoms with Crippen molar-refractivity contribution in [3.63, 3.8) is 0 Å². The molecule has 0 aliphatic heterocycles. The standard InChI is InChI=1S/C17H19NO4/c1-2-21-17(20)16(18)11-12-3-7-14(8-4-12)22-15-9-5-13(19)6-10-15/h3-10,16,19H,2,11,18H2,1H3/t16-/m0/s1. The second-order valence-corrected chi connectivity index (χ2v) is 4.80. The first kappa shape index (κ1) is 15.9. The van der Waals surface area contributed by atoms with E-state index in [0.717, 1.165) is 5.56 Å². The molecule has 2 rings (SSSR count). The molecule has 0 fully saturated rings. The van der Waals surface area contributed by atoms with Gasteiger partial charge in [0.25, 0.3) is 0 Å². The number of carbonyl (C=O) groups excluding carboxylic acids is 1. The Balaban J connectivity index is 1.95. The summed E-state index contributed by atoms with van der Waals surface area (Å²) in [5.41, 5.74) is 6.71. The van der Waals surface area contributed by atoms with Crippen LogP contribution in [0.1, 0.15) is 12.5 Å². The van der Waals surface area contributed by atoms with Crippen molar-refractivity contribution in [1.29, 1.82) is 0 Å². The molecule has 0 radical (unpaired) electrons. The molecular weight excluding hydrogens is 282 g/mol. The van der Waals surface area contributed by atoms with Crippen LogP contribution in [-0.2, 0) is 16.0 Å².